The van der Waals surface area contributed by atoms with Gasteiger partial charge < -0.3 is 10.2 Å². The van der Waals surface area contributed by atoms with Crippen molar-refractivity contribution >= 4 is 6.34 Å². The molecule has 1 N–H and O–H groups in total. The summed E-state index contributed by atoms with van der Waals surface area (Å²) >= 11 is 0. The second-order valence-electron chi connectivity index (χ2n) is 4.19. The summed E-state index contributed by atoms with van der Waals surface area (Å²) in [6.45, 7) is 6.75. The molecule has 1 atom stereocenters. The van der Waals surface area contributed by atoms with Crippen LogP contribution in [0, 0.1) is 0 Å². The van der Waals surface area contributed by atoms with Crippen molar-refractivity contribution in [3.8, 4) is 0 Å². The van der Waals surface area contributed by atoms with Crippen LogP contribution >= 0.6 is 0 Å². The Balaban J connectivity index is 1.58. The molecule has 0 aromatic carbocycles. The number of fused-ring (bicyclic) bond motifs is 1. The van der Waals surface area contributed by atoms with E-state index in [1.165, 1.54) is 12.2 Å². The van der Waals surface area contributed by atoms with E-state index < -0.39 is 0 Å². The third-order valence-corrected chi connectivity index (χ3v) is 3.04. The number of piperazine rings is 1. The Kier molecular flexibility index (Phi) is 2.03. The smallest absolute Gasteiger partial charge is 0.0915 e. The maximum Gasteiger partial charge on any atom is 0.0915 e. The molecule has 0 aromatic rings. The molecule has 0 spiro atoms. The summed E-state index contributed by atoms with van der Waals surface area (Å²) < 4.78 is 0. The minimum atomic E-state index is 0.672. The van der Waals surface area contributed by atoms with E-state index >= 15 is 0 Å². The highest BCUT2D eigenvalue weighted by Crippen LogP contribution is 2.22. The predicted molar refractivity (Wildman–Crippen MR) is 56.4 cm³/mol. The second-order valence-corrected chi connectivity index (χ2v) is 4.19. The minimum Gasteiger partial charge on any atom is -0.352 e. The summed E-state index contributed by atoms with van der Waals surface area (Å²) in [6.07, 6.45) is 4.30. The molecule has 0 radical (unpaired) electrons. The molecule has 3 heterocycles. The number of hydrogen-bond acceptors (Lipinski definition) is 4. The summed E-state index contributed by atoms with van der Waals surface area (Å²) in [4.78, 5) is 9.17. The second kappa shape index (κ2) is 3.37. The van der Waals surface area contributed by atoms with E-state index in [-0.39, 0.29) is 0 Å². The van der Waals surface area contributed by atoms with E-state index in [1.54, 1.807) is 0 Å². The van der Waals surface area contributed by atoms with Crippen molar-refractivity contribution in [3.63, 3.8) is 0 Å². The number of hydrogen-bond donors (Lipinski definition) is 1. The van der Waals surface area contributed by atoms with Crippen LogP contribution in [0.5, 0.6) is 0 Å². The van der Waals surface area contributed by atoms with Crippen LogP contribution in [0.4, 0.5) is 0 Å². The molecule has 0 bridgehead atoms. The van der Waals surface area contributed by atoms with Crippen molar-refractivity contribution in [2.24, 2.45) is 4.99 Å². The van der Waals surface area contributed by atoms with E-state index in [0.717, 1.165) is 32.7 Å². The molecule has 3 rings (SSSR count). The molecule has 14 heavy (non-hydrogen) atoms. The van der Waals surface area contributed by atoms with Crippen LogP contribution in [0.3, 0.4) is 0 Å². The van der Waals surface area contributed by atoms with E-state index in [9.17, 15) is 0 Å². The highest BCUT2D eigenvalue weighted by Gasteiger charge is 2.32. The van der Waals surface area contributed by atoms with Gasteiger partial charge >= 0.3 is 0 Å². The van der Waals surface area contributed by atoms with E-state index in [1.807, 2.05) is 6.34 Å². The number of nitrogens with one attached hydrogen (secondary N) is 1. The van der Waals surface area contributed by atoms with Gasteiger partial charge in [0.25, 0.3) is 0 Å². The fraction of sp³-hybridized carbons (Fsp3) is 0.700. The van der Waals surface area contributed by atoms with Crippen LogP contribution in [0.1, 0.15) is 0 Å². The maximum absolute atomic E-state index is 4.45. The Bertz CT molecular complexity index is 278. The molecule has 0 amide bonds. The van der Waals surface area contributed by atoms with Crippen molar-refractivity contribution in [2.45, 2.75) is 6.04 Å². The first-order valence-electron chi connectivity index (χ1n) is 5.35. The van der Waals surface area contributed by atoms with E-state index in [2.05, 4.69) is 26.2 Å². The van der Waals surface area contributed by atoms with Crippen LogP contribution in [0.15, 0.2) is 16.8 Å². The van der Waals surface area contributed by atoms with Crippen molar-refractivity contribution in [1.82, 2.24) is 15.1 Å². The average Bonchev–Trinajstić information content (AvgIpc) is 2.97. The Morgan fingerprint density at radius 2 is 2.29 bits per heavy atom. The van der Waals surface area contributed by atoms with Gasteiger partial charge in [0, 0.05) is 39.3 Å². The normalized spacial score (nSPS) is 31.3. The molecule has 2 saturated heterocycles. The summed E-state index contributed by atoms with van der Waals surface area (Å²) in [7, 11) is 0. The third-order valence-electron chi connectivity index (χ3n) is 3.04. The fourth-order valence-electron chi connectivity index (χ4n) is 2.06. The first kappa shape index (κ1) is 8.44. The fourth-order valence-corrected chi connectivity index (χ4v) is 2.06. The lowest BCUT2D eigenvalue weighted by Crippen LogP contribution is -2.44. The monoisotopic (exact) mass is 192 g/mol. The predicted octanol–water partition coefficient (Wildman–Crippen LogP) is -0.498. The Labute approximate surface area is 84.3 Å². The molecular weight excluding hydrogens is 176 g/mol. The van der Waals surface area contributed by atoms with Crippen LogP contribution in [0.25, 0.3) is 0 Å². The minimum absolute atomic E-state index is 0.672. The van der Waals surface area contributed by atoms with Gasteiger partial charge in [-0.05, 0) is 6.08 Å². The topological polar surface area (TPSA) is 30.6 Å². The van der Waals surface area contributed by atoms with E-state index in [0.29, 0.717) is 6.04 Å². The van der Waals surface area contributed by atoms with Gasteiger partial charge in [0.05, 0.1) is 18.1 Å². The number of nitrogens with zero attached hydrogens (tertiary/aromatic N) is 3. The largest absolute Gasteiger partial charge is 0.352 e. The molecule has 3 aliphatic heterocycles. The molecular formula is C10H16N4. The van der Waals surface area contributed by atoms with Crippen LogP contribution in [-0.4, -0.2) is 61.4 Å². The Morgan fingerprint density at radius 1 is 1.43 bits per heavy atom. The molecule has 3 aliphatic rings. The summed E-state index contributed by atoms with van der Waals surface area (Å²) in [5.41, 5.74) is 1.26. The lowest BCUT2D eigenvalue weighted by Gasteiger charge is -2.27. The first-order valence-corrected chi connectivity index (χ1v) is 5.35. The van der Waals surface area contributed by atoms with Crippen LogP contribution < -0.4 is 5.32 Å². The zero-order chi connectivity index (χ0) is 9.38. The van der Waals surface area contributed by atoms with E-state index in [4.69, 9.17) is 0 Å². The molecule has 4 heteroatoms. The van der Waals surface area contributed by atoms with Crippen molar-refractivity contribution in [1.29, 1.82) is 0 Å². The van der Waals surface area contributed by atoms with Gasteiger partial charge in [0.15, 0.2) is 0 Å². The Hall–Kier alpha value is -0.870. The molecule has 0 aromatic heterocycles. The van der Waals surface area contributed by atoms with Crippen molar-refractivity contribution < 1.29 is 0 Å². The lowest BCUT2D eigenvalue weighted by molar-refractivity contribution is 0.258. The van der Waals surface area contributed by atoms with Gasteiger partial charge in [0.2, 0.25) is 0 Å². The van der Waals surface area contributed by atoms with Crippen LogP contribution in [0.2, 0.25) is 0 Å². The third kappa shape index (κ3) is 1.67. The highest BCUT2D eigenvalue weighted by molar-refractivity contribution is 5.64. The van der Waals surface area contributed by atoms with Crippen molar-refractivity contribution in [3.05, 3.63) is 11.8 Å². The van der Waals surface area contributed by atoms with Crippen molar-refractivity contribution in [2.75, 3.05) is 39.3 Å². The van der Waals surface area contributed by atoms with Gasteiger partial charge in [-0.15, -0.1) is 0 Å². The zero-order valence-electron chi connectivity index (χ0n) is 8.32. The summed E-state index contributed by atoms with van der Waals surface area (Å²) in [6, 6.07) is 0.672. The average molecular weight is 192 g/mol. The highest BCUT2D eigenvalue weighted by atomic mass is 15.3. The molecule has 4 nitrogen and oxygen atoms in total. The molecule has 0 saturated carbocycles. The maximum atomic E-state index is 4.45. The van der Waals surface area contributed by atoms with Gasteiger partial charge in [0.1, 0.15) is 0 Å². The van der Waals surface area contributed by atoms with Crippen LogP contribution in [-0.2, 0) is 0 Å². The Morgan fingerprint density at radius 3 is 3.07 bits per heavy atom. The molecule has 76 valence electrons. The van der Waals surface area contributed by atoms with Gasteiger partial charge in [-0.25, -0.2) is 4.99 Å². The summed E-state index contributed by atoms with van der Waals surface area (Å²) in [5.74, 6) is 0. The quantitative estimate of drug-likeness (QED) is 0.598. The van der Waals surface area contributed by atoms with Gasteiger partial charge in [-0.1, -0.05) is 0 Å². The number of rotatable bonds is 2. The lowest BCUT2D eigenvalue weighted by atomic mass is 10.3. The summed E-state index contributed by atoms with van der Waals surface area (Å²) in [5, 5.41) is 3.36. The van der Waals surface area contributed by atoms with Gasteiger partial charge in [-0.3, -0.25) is 4.90 Å². The SMILES string of the molecule is C1=NC(CN2CCNCC2)=CC2CN12. The zero-order valence-corrected chi connectivity index (χ0v) is 8.32. The molecule has 0 aliphatic carbocycles. The van der Waals surface area contributed by atoms with Gasteiger partial charge in [-0.2, -0.15) is 0 Å². The molecule has 2 fully saturated rings. The first-order chi connectivity index (χ1) is 6.92. The standard InChI is InChI=1S/C10H16N4/c1-3-13(4-2-11-1)6-9-5-10-7-14(10)8-12-9/h5,8,10-11H,1-4,6-7H2. The number of aliphatic imine (C=N–C) groups is 1. The molecule has 1 unspecified atom stereocenters.